The molecule has 0 saturated heterocycles. The minimum Gasteiger partial charge on any atom is -0.325 e. The number of aryl methyl sites for hydroxylation is 2. The van der Waals surface area contributed by atoms with E-state index in [0.29, 0.717) is 26.7 Å². The molecule has 0 aliphatic heterocycles. The number of thioether (sulfide) groups is 1. The van der Waals surface area contributed by atoms with Crippen molar-refractivity contribution in [1.82, 2.24) is 19.6 Å². The van der Waals surface area contributed by atoms with Crippen molar-refractivity contribution in [2.45, 2.75) is 31.2 Å². The SMILES string of the molecule is Cc1cc(C)n2nc(SC(C)C(=O)Nc3cc(Cl)cc(Cl)c3)nc2n1. The molecule has 0 bridgehead atoms. The number of carbonyl (C=O) groups is 1. The third kappa shape index (κ3) is 4.23. The van der Waals surface area contributed by atoms with Crippen molar-refractivity contribution < 1.29 is 4.79 Å². The molecule has 0 aliphatic carbocycles. The van der Waals surface area contributed by atoms with Gasteiger partial charge in [0.15, 0.2) is 0 Å². The number of nitrogens with zero attached hydrogens (tertiary/aromatic N) is 4. The Morgan fingerprint density at radius 1 is 1.16 bits per heavy atom. The van der Waals surface area contributed by atoms with Crippen molar-refractivity contribution in [2.75, 3.05) is 5.32 Å². The number of hydrogen-bond acceptors (Lipinski definition) is 5. The lowest BCUT2D eigenvalue weighted by Crippen LogP contribution is -2.22. The maximum Gasteiger partial charge on any atom is 0.253 e. The number of anilines is 1. The van der Waals surface area contributed by atoms with E-state index in [1.54, 1.807) is 29.6 Å². The molecule has 2 aromatic heterocycles. The zero-order valence-corrected chi connectivity index (χ0v) is 16.1. The summed E-state index contributed by atoms with van der Waals surface area (Å²) in [7, 11) is 0. The molecule has 0 fully saturated rings. The molecule has 1 aromatic carbocycles. The van der Waals surface area contributed by atoms with Crippen LogP contribution in [0.2, 0.25) is 10.0 Å². The van der Waals surface area contributed by atoms with Crippen molar-refractivity contribution in [3.63, 3.8) is 0 Å². The standard InChI is InChI=1S/C16H15Cl2N5OS/c1-8-4-9(2)23-15(19-8)21-16(22-23)25-10(3)14(24)20-13-6-11(17)5-12(18)7-13/h4-7,10H,1-3H3,(H,20,24). The van der Waals surface area contributed by atoms with Gasteiger partial charge in [-0.05, 0) is 45.0 Å². The maximum absolute atomic E-state index is 12.4. The summed E-state index contributed by atoms with van der Waals surface area (Å²) in [5.74, 6) is 0.331. The predicted molar refractivity (Wildman–Crippen MR) is 101 cm³/mol. The molecule has 25 heavy (non-hydrogen) atoms. The van der Waals surface area contributed by atoms with Crippen LogP contribution in [0.15, 0.2) is 29.4 Å². The van der Waals surface area contributed by atoms with Gasteiger partial charge in [0.25, 0.3) is 5.78 Å². The second kappa shape index (κ2) is 7.19. The second-order valence-electron chi connectivity index (χ2n) is 5.55. The van der Waals surface area contributed by atoms with Gasteiger partial charge in [-0.2, -0.15) is 4.98 Å². The fourth-order valence-corrected chi connectivity index (χ4v) is 3.55. The number of hydrogen-bond donors (Lipinski definition) is 1. The molecule has 1 unspecified atom stereocenters. The summed E-state index contributed by atoms with van der Waals surface area (Å²) in [6, 6.07) is 6.81. The van der Waals surface area contributed by atoms with Gasteiger partial charge in [0.2, 0.25) is 11.1 Å². The molecule has 6 nitrogen and oxygen atoms in total. The van der Waals surface area contributed by atoms with Crippen LogP contribution in [0.3, 0.4) is 0 Å². The van der Waals surface area contributed by atoms with Crippen molar-refractivity contribution in [3.8, 4) is 0 Å². The highest BCUT2D eigenvalue weighted by atomic mass is 35.5. The third-order valence-electron chi connectivity index (χ3n) is 3.38. The topological polar surface area (TPSA) is 72.2 Å². The first-order valence-corrected chi connectivity index (χ1v) is 9.10. The molecule has 3 aromatic rings. The van der Waals surface area contributed by atoms with Gasteiger partial charge in [0.05, 0.1) is 5.25 Å². The molecule has 9 heteroatoms. The molecule has 0 spiro atoms. The van der Waals surface area contributed by atoms with Gasteiger partial charge in [-0.25, -0.2) is 9.50 Å². The van der Waals surface area contributed by atoms with Gasteiger partial charge in [0, 0.05) is 27.1 Å². The number of halogens is 2. The molecule has 1 N–H and O–H groups in total. The highest BCUT2D eigenvalue weighted by molar-refractivity contribution is 8.00. The first-order chi connectivity index (χ1) is 11.8. The molecule has 2 heterocycles. The number of amides is 1. The quantitative estimate of drug-likeness (QED) is 0.671. The fourth-order valence-electron chi connectivity index (χ4n) is 2.28. The lowest BCUT2D eigenvalue weighted by atomic mass is 10.3. The van der Waals surface area contributed by atoms with Crippen LogP contribution in [0, 0.1) is 13.8 Å². The molecule has 0 radical (unpaired) electrons. The van der Waals surface area contributed by atoms with E-state index < -0.39 is 5.25 Å². The van der Waals surface area contributed by atoms with Crippen LogP contribution in [0.1, 0.15) is 18.3 Å². The molecular formula is C16H15Cl2N5OS. The molecular weight excluding hydrogens is 381 g/mol. The Kier molecular flexibility index (Phi) is 5.17. The largest absolute Gasteiger partial charge is 0.325 e. The number of benzene rings is 1. The molecule has 1 atom stereocenters. The average molecular weight is 396 g/mol. The van der Waals surface area contributed by atoms with Crippen LogP contribution in [0.5, 0.6) is 0 Å². The van der Waals surface area contributed by atoms with Crippen molar-refractivity contribution >= 4 is 52.3 Å². The molecule has 0 aliphatic rings. The first-order valence-electron chi connectivity index (χ1n) is 7.46. The summed E-state index contributed by atoms with van der Waals surface area (Å²) < 4.78 is 1.66. The van der Waals surface area contributed by atoms with Crippen LogP contribution in [0.4, 0.5) is 5.69 Å². The Morgan fingerprint density at radius 2 is 1.84 bits per heavy atom. The summed E-state index contributed by atoms with van der Waals surface area (Å²) >= 11 is 13.1. The zero-order valence-electron chi connectivity index (χ0n) is 13.7. The van der Waals surface area contributed by atoms with Gasteiger partial charge in [-0.1, -0.05) is 35.0 Å². The minimum atomic E-state index is -0.406. The van der Waals surface area contributed by atoms with Crippen LogP contribution in [0.25, 0.3) is 5.78 Å². The van der Waals surface area contributed by atoms with E-state index in [1.807, 2.05) is 19.9 Å². The van der Waals surface area contributed by atoms with Crippen molar-refractivity contribution in [1.29, 1.82) is 0 Å². The summed E-state index contributed by atoms with van der Waals surface area (Å²) in [4.78, 5) is 21.1. The monoisotopic (exact) mass is 395 g/mol. The van der Waals surface area contributed by atoms with Crippen LogP contribution >= 0.6 is 35.0 Å². The highest BCUT2D eigenvalue weighted by Crippen LogP contribution is 2.25. The van der Waals surface area contributed by atoms with Gasteiger partial charge >= 0.3 is 0 Å². The van der Waals surface area contributed by atoms with E-state index >= 15 is 0 Å². The van der Waals surface area contributed by atoms with E-state index in [9.17, 15) is 4.79 Å². The van der Waals surface area contributed by atoms with Gasteiger partial charge in [-0.15, -0.1) is 5.10 Å². The number of carbonyl (C=O) groups excluding carboxylic acids is 1. The van der Waals surface area contributed by atoms with Gasteiger partial charge in [-0.3, -0.25) is 4.79 Å². The predicted octanol–water partition coefficient (Wildman–Crippen LogP) is 4.17. The number of aromatic nitrogens is 4. The summed E-state index contributed by atoms with van der Waals surface area (Å²) in [5, 5.41) is 8.19. The van der Waals surface area contributed by atoms with Crippen LogP contribution in [-0.4, -0.2) is 30.7 Å². The van der Waals surface area contributed by atoms with E-state index in [2.05, 4.69) is 20.4 Å². The van der Waals surface area contributed by atoms with E-state index in [-0.39, 0.29) is 5.91 Å². The summed E-state index contributed by atoms with van der Waals surface area (Å²) in [6.45, 7) is 5.62. The van der Waals surface area contributed by atoms with Gasteiger partial charge < -0.3 is 5.32 Å². The third-order valence-corrected chi connectivity index (χ3v) is 4.77. The van der Waals surface area contributed by atoms with Crippen molar-refractivity contribution in [3.05, 3.63) is 45.7 Å². The second-order valence-corrected chi connectivity index (χ2v) is 7.73. The number of rotatable bonds is 4. The molecule has 0 saturated carbocycles. The van der Waals surface area contributed by atoms with E-state index in [0.717, 1.165) is 11.4 Å². The van der Waals surface area contributed by atoms with E-state index in [1.165, 1.54) is 11.8 Å². The normalized spacial score (nSPS) is 12.4. The average Bonchev–Trinajstić information content (AvgIpc) is 2.88. The summed E-state index contributed by atoms with van der Waals surface area (Å²) in [5.41, 5.74) is 2.36. The maximum atomic E-state index is 12.4. The van der Waals surface area contributed by atoms with Crippen LogP contribution in [-0.2, 0) is 4.79 Å². The smallest absolute Gasteiger partial charge is 0.253 e. The highest BCUT2D eigenvalue weighted by Gasteiger charge is 2.18. The summed E-state index contributed by atoms with van der Waals surface area (Å²) in [6.07, 6.45) is 0. The van der Waals surface area contributed by atoms with E-state index in [4.69, 9.17) is 23.2 Å². The molecule has 1 amide bonds. The van der Waals surface area contributed by atoms with Crippen LogP contribution < -0.4 is 5.32 Å². The Morgan fingerprint density at radius 3 is 2.52 bits per heavy atom. The van der Waals surface area contributed by atoms with Crippen molar-refractivity contribution in [2.24, 2.45) is 0 Å². The Bertz CT molecular complexity index is 939. The molecule has 130 valence electrons. The first kappa shape index (κ1) is 18.0. The Hall–Kier alpha value is -1.83. The number of nitrogens with one attached hydrogen (secondary N) is 1. The number of fused-ring (bicyclic) bond motifs is 1. The molecule has 3 rings (SSSR count). The lowest BCUT2D eigenvalue weighted by molar-refractivity contribution is -0.115. The Labute approximate surface area is 158 Å². The minimum absolute atomic E-state index is 0.192. The fraction of sp³-hybridized carbons (Fsp3) is 0.250. The zero-order chi connectivity index (χ0) is 18.1. The lowest BCUT2D eigenvalue weighted by Gasteiger charge is -2.10. The Balaban J connectivity index is 1.74. The van der Waals surface area contributed by atoms with Gasteiger partial charge in [0.1, 0.15) is 0 Å².